The maximum absolute atomic E-state index is 12.2. The smallest absolute Gasteiger partial charge is 0.328 e. The van der Waals surface area contributed by atoms with Gasteiger partial charge in [-0.05, 0) is 23.8 Å². The Morgan fingerprint density at radius 2 is 2.19 bits per heavy atom. The van der Waals surface area contributed by atoms with E-state index in [4.69, 9.17) is 16.7 Å². The average Bonchev–Trinajstić information content (AvgIpc) is 2.88. The number of rotatable bonds is 5. The fourth-order valence-electron chi connectivity index (χ4n) is 1.45. The third-order valence-electron chi connectivity index (χ3n) is 2.32. The van der Waals surface area contributed by atoms with E-state index in [0.717, 1.165) is 17.4 Å². The quantitative estimate of drug-likeness (QED) is 0.813. The van der Waals surface area contributed by atoms with Gasteiger partial charge in [0.05, 0.1) is 5.02 Å². The lowest BCUT2D eigenvalue weighted by Gasteiger charge is -2.07. The topological polar surface area (TPSA) is 96.4 Å². The molecule has 2 rings (SSSR count). The lowest BCUT2D eigenvalue weighted by atomic mass is 10.2. The Morgan fingerprint density at radius 3 is 2.76 bits per heavy atom. The van der Waals surface area contributed by atoms with Crippen molar-refractivity contribution in [1.82, 2.24) is 4.98 Å². The highest BCUT2D eigenvalue weighted by Gasteiger charge is 2.19. The number of sulfonamides is 1. The molecule has 1 aromatic carbocycles. The number of aromatic nitrogens is 1. The van der Waals surface area contributed by atoms with E-state index in [9.17, 15) is 13.2 Å². The monoisotopic (exact) mass is 344 g/mol. The molecule has 6 nitrogen and oxygen atoms in total. The second-order valence-corrected chi connectivity index (χ2v) is 6.76. The summed E-state index contributed by atoms with van der Waals surface area (Å²) in [6.45, 7) is 0. The van der Waals surface area contributed by atoms with Crippen LogP contribution in [0.25, 0.3) is 6.08 Å². The Hall–Kier alpha value is -1.90. The molecule has 0 saturated carbocycles. The summed E-state index contributed by atoms with van der Waals surface area (Å²) in [5, 5.41) is 10.4. The van der Waals surface area contributed by atoms with E-state index in [-0.39, 0.29) is 15.0 Å². The molecule has 1 heterocycles. The molecule has 0 fully saturated rings. The average molecular weight is 345 g/mol. The van der Waals surface area contributed by atoms with Crippen LogP contribution >= 0.6 is 22.9 Å². The van der Waals surface area contributed by atoms with Gasteiger partial charge in [-0.25, -0.2) is 18.2 Å². The number of nitrogens with one attached hydrogen (secondary N) is 1. The minimum Gasteiger partial charge on any atom is -0.478 e. The first-order valence-corrected chi connectivity index (χ1v) is 8.25. The van der Waals surface area contributed by atoms with Gasteiger partial charge < -0.3 is 5.11 Å². The second kappa shape index (κ2) is 6.25. The summed E-state index contributed by atoms with van der Waals surface area (Å²) in [7, 11) is -3.84. The summed E-state index contributed by atoms with van der Waals surface area (Å²) in [6.07, 6.45) is 3.73. The summed E-state index contributed by atoms with van der Waals surface area (Å²) in [4.78, 5) is 14.2. The Morgan fingerprint density at radius 1 is 1.43 bits per heavy atom. The van der Waals surface area contributed by atoms with E-state index >= 15 is 0 Å². The highest BCUT2D eigenvalue weighted by molar-refractivity contribution is 7.93. The zero-order chi connectivity index (χ0) is 15.5. The minimum atomic E-state index is -3.84. The van der Waals surface area contributed by atoms with E-state index < -0.39 is 16.0 Å². The minimum absolute atomic E-state index is 0.00778. The molecule has 0 unspecified atom stereocenters. The van der Waals surface area contributed by atoms with Gasteiger partial charge in [-0.1, -0.05) is 17.7 Å². The van der Waals surface area contributed by atoms with Gasteiger partial charge in [0, 0.05) is 17.7 Å². The van der Waals surface area contributed by atoms with E-state index in [2.05, 4.69) is 9.71 Å². The van der Waals surface area contributed by atoms with Crippen LogP contribution in [0.3, 0.4) is 0 Å². The summed E-state index contributed by atoms with van der Waals surface area (Å²) in [6, 6.07) is 4.14. The summed E-state index contributed by atoms with van der Waals surface area (Å²) in [5.74, 6) is -1.10. The Balaban J connectivity index is 2.30. The maximum Gasteiger partial charge on any atom is 0.328 e. The van der Waals surface area contributed by atoms with Crippen LogP contribution in [0.15, 0.2) is 40.7 Å². The van der Waals surface area contributed by atoms with Crippen molar-refractivity contribution in [3.8, 4) is 0 Å². The van der Waals surface area contributed by atoms with Crippen molar-refractivity contribution < 1.29 is 18.3 Å². The zero-order valence-corrected chi connectivity index (χ0v) is 12.7. The number of benzene rings is 1. The molecule has 2 N–H and O–H groups in total. The number of hydrogen-bond acceptors (Lipinski definition) is 5. The first-order chi connectivity index (χ1) is 9.88. The number of carbonyl (C=O) groups is 1. The molecule has 2 aromatic rings. The van der Waals surface area contributed by atoms with Gasteiger partial charge in [0.15, 0.2) is 5.13 Å². The molecular weight excluding hydrogens is 336 g/mol. The van der Waals surface area contributed by atoms with Crippen LogP contribution in [0.1, 0.15) is 5.56 Å². The molecule has 0 aliphatic rings. The molecule has 110 valence electrons. The van der Waals surface area contributed by atoms with Crippen LogP contribution < -0.4 is 4.72 Å². The van der Waals surface area contributed by atoms with Crippen LogP contribution in [0.4, 0.5) is 5.13 Å². The number of aliphatic carboxylic acids is 1. The molecule has 0 aliphatic carbocycles. The normalized spacial score (nSPS) is 11.7. The van der Waals surface area contributed by atoms with Crippen molar-refractivity contribution in [2.75, 3.05) is 4.72 Å². The van der Waals surface area contributed by atoms with Gasteiger partial charge >= 0.3 is 5.97 Å². The third-order valence-corrected chi connectivity index (χ3v) is 4.96. The van der Waals surface area contributed by atoms with E-state index in [1.165, 1.54) is 30.5 Å². The van der Waals surface area contributed by atoms with Crippen molar-refractivity contribution in [2.24, 2.45) is 0 Å². The van der Waals surface area contributed by atoms with Crippen molar-refractivity contribution >= 4 is 50.1 Å². The zero-order valence-electron chi connectivity index (χ0n) is 10.4. The van der Waals surface area contributed by atoms with Gasteiger partial charge in [0.2, 0.25) is 0 Å². The van der Waals surface area contributed by atoms with Crippen LogP contribution in [-0.2, 0) is 14.8 Å². The fourth-order valence-corrected chi connectivity index (χ4v) is 3.79. The van der Waals surface area contributed by atoms with Gasteiger partial charge in [-0.15, -0.1) is 11.3 Å². The van der Waals surface area contributed by atoms with Gasteiger partial charge in [-0.3, -0.25) is 4.72 Å². The molecule has 0 spiro atoms. The molecule has 0 saturated heterocycles. The van der Waals surface area contributed by atoms with Gasteiger partial charge in [0.1, 0.15) is 4.90 Å². The number of anilines is 1. The first-order valence-electron chi connectivity index (χ1n) is 5.51. The number of carboxylic acid groups (broad SMARTS) is 1. The standard InChI is InChI=1S/C12H9ClN2O4S2/c13-9-7-8(2-4-11(16)17)1-3-10(9)21(18,19)15-12-14-5-6-20-12/h1-7H,(H,14,15)(H,16,17). The van der Waals surface area contributed by atoms with Gasteiger partial charge in [-0.2, -0.15) is 0 Å². The van der Waals surface area contributed by atoms with Crippen LogP contribution in [0.2, 0.25) is 5.02 Å². The predicted molar refractivity (Wildman–Crippen MR) is 81.0 cm³/mol. The SMILES string of the molecule is O=C(O)C=Cc1ccc(S(=O)(=O)Nc2nccs2)c(Cl)c1. The third kappa shape index (κ3) is 4.03. The summed E-state index contributed by atoms with van der Waals surface area (Å²) >= 11 is 7.10. The van der Waals surface area contributed by atoms with Crippen molar-refractivity contribution in [1.29, 1.82) is 0 Å². The lowest BCUT2D eigenvalue weighted by molar-refractivity contribution is -0.131. The largest absolute Gasteiger partial charge is 0.478 e. The van der Waals surface area contributed by atoms with Crippen LogP contribution in [0, 0.1) is 0 Å². The van der Waals surface area contributed by atoms with Crippen molar-refractivity contribution in [3.63, 3.8) is 0 Å². The summed E-state index contributed by atoms with van der Waals surface area (Å²) < 4.78 is 26.6. The van der Waals surface area contributed by atoms with E-state index in [0.29, 0.717) is 5.56 Å². The molecule has 0 aliphatic heterocycles. The number of halogens is 1. The lowest BCUT2D eigenvalue weighted by Crippen LogP contribution is -2.13. The van der Waals surface area contributed by atoms with E-state index in [1.54, 1.807) is 5.38 Å². The number of carboxylic acids is 1. The Kier molecular flexibility index (Phi) is 4.61. The number of nitrogens with zero attached hydrogens (tertiary/aromatic N) is 1. The highest BCUT2D eigenvalue weighted by Crippen LogP contribution is 2.26. The molecule has 9 heteroatoms. The maximum atomic E-state index is 12.2. The number of thiazole rings is 1. The number of hydrogen-bond donors (Lipinski definition) is 2. The molecule has 0 amide bonds. The van der Waals surface area contributed by atoms with Crippen LogP contribution in [0.5, 0.6) is 0 Å². The second-order valence-electron chi connectivity index (χ2n) is 3.80. The Bertz CT molecular complexity index is 786. The first kappa shape index (κ1) is 15.5. The predicted octanol–water partition coefficient (Wildman–Crippen LogP) is 2.70. The van der Waals surface area contributed by atoms with Crippen LogP contribution in [-0.4, -0.2) is 24.5 Å². The molecule has 1 aromatic heterocycles. The Labute approximate surface area is 129 Å². The molecule has 0 radical (unpaired) electrons. The molecule has 0 atom stereocenters. The molecular formula is C12H9ClN2O4S2. The van der Waals surface area contributed by atoms with Crippen molar-refractivity contribution in [3.05, 3.63) is 46.4 Å². The summed E-state index contributed by atoms with van der Waals surface area (Å²) in [5.41, 5.74) is 0.482. The highest BCUT2D eigenvalue weighted by atomic mass is 35.5. The molecule has 0 bridgehead atoms. The fraction of sp³-hybridized carbons (Fsp3) is 0. The van der Waals surface area contributed by atoms with Gasteiger partial charge in [0.25, 0.3) is 10.0 Å². The molecule has 21 heavy (non-hydrogen) atoms. The van der Waals surface area contributed by atoms with Crippen molar-refractivity contribution in [2.45, 2.75) is 4.90 Å². The van der Waals surface area contributed by atoms with E-state index in [1.807, 2.05) is 0 Å².